The molecule has 1 fully saturated rings. The number of pyridine rings is 1. The van der Waals surface area contributed by atoms with Crippen LogP contribution < -0.4 is 10.6 Å². The second-order valence-corrected chi connectivity index (χ2v) is 4.10. The second-order valence-electron chi connectivity index (χ2n) is 4.10. The molecule has 0 aromatic carbocycles. The fourth-order valence-electron chi connectivity index (χ4n) is 1.91. The summed E-state index contributed by atoms with van der Waals surface area (Å²) in [7, 11) is 2.12. The van der Waals surface area contributed by atoms with E-state index in [9.17, 15) is 0 Å². The lowest BCUT2D eigenvalue weighted by Crippen LogP contribution is -2.38. The van der Waals surface area contributed by atoms with Gasteiger partial charge in [-0.3, -0.25) is 0 Å². The highest BCUT2D eigenvalue weighted by molar-refractivity contribution is 5.52. The van der Waals surface area contributed by atoms with Crippen molar-refractivity contribution in [3.8, 4) is 0 Å². The van der Waals surface area contributed by atoms with Gasteiger partial charge < -0.3 is 10.6 Å². The standard InChI is InChI=1S/C11H17N3/c1-8-6-9(12)7-13-11(8)14(2)10-4-3-5-10/h6-7,10H,3-5,12H2,1-2H3. The zero-order valence-corrected chi connectivity index (χ0v) is 8.83. The zero-order chi connectivity index (χ0) is 10.1. The fraction of sp³-hybridized carbons (Fsp3) is 0.545. The smallest absolute Gasteiger partial charge is 0.131 e. The molecule has 76 valence electrons. The van der Waals surface area contributed by atoms with Gasteiger partial charge in [0.2, 0.25) is 0 Å². The van der Waals surface area contributed by atoms with Crippen LogP contribution in [0, 0.1) is 6.92 Å². The number of hydrogen-bond acceptors (Lipinski definition) is 3. The summed E-state index contributed by atoms with van der Waals surface area (Å²) in [6.07, 6.45) is 5.67. The Morgan fingerprint density at radius 1 is 1.50 bits per heavy atom. The first-order valence-corrected chi connectivity index (χ1v) is 5.13. The number of nitrogen functional groups attached to an aromatic ring is 1. The van der Waals surface area contributed by atoms with Gasteiger partial charge in [-0.25, -0.2) is 4.98 Å². The van der Waals surface area contributed by atoms with Gasteiger partial charge in [-0.1, -0.05) is 0 Å². The number of aryl methyl sites for hydroxylation is 1. The second kappa shape index (κ2) is 3.48. The normalized spacial score (nSPS) is 16.4. The van der Waals surface area contributed by atoms with E-state index < -0.39 is 0 Å². The first kappa shape index (κ1) is 9.31. The van der Waals surface area contributed by atoms with Crippen molar-refractivity contribution in [2.75, 3.05) is 17.7 Å². The monoisotopic (exact) mass is 191 g/mol. The molecule has 0 atom stereocenters. The zero-order valence-electron chi connectivity index (χ0n) is 8.83. The lowest BCUT2D eigenvalue weighted by Gasteiger charge is -2.36. The van der Waals surface area contributed by atoms with Crippen molar-refractivity contribution < 1.29 is 0 Å². The summed E-state index contributed by atoms with van der Waals surface area (Å²) in [5.74, 6) is 1.07. The Bertz CT molecular complexity index is 331. The van der Waals surface area contributed by atoms with Gasteiger partial charge >= 0.3 is 0 Å². The van der Waals surface area contributed by atoms with Crippen LogP contribution in [0.25, 0.3) is 0 Å². The largest absolute Gasteiger partial charge is 0.397 e. The van der Waals surface area contributed by atoms with Gasteiger partial charge in [0, 0.05) is 13.1 Å². The summed E-state index contributed by atoms with van der Waals surface area (Å²) in [5, 5.41) is 0. The van der Waals surface area contributed by atoms with Crippen molar-refractivity contribution in [2.45, 2.75) is 32.2 Å². The van der Waals surface area contributed by atoms with E-state index in [1.54, 1.807) is 6.20 Å². The van der Waals surface area contributed by atoms with Gasteiger partial charge in [0.15, 0.2) is 0 Å². The van der Waals surface area contributed by atoms with Gasteiger partial charge in [0.25, 0.3) is 0 Å². The van der Waals surface area contributed by atoms with Crippen LogP contribution in [0.1, 0.15) is 24.8 Å². The van der Waals surface area contributed by atoms with Gasteiger partial charge in [-0.15, -0.1) is 0 Å². The molecule has 0 aliphatic heterocycles. The predicted octanol–water partition coefficient (Wildman–Crippen LogP) is 1.96. The summed E-state index contributed by atoms with van der Waals surface area (Å²) in [6.45, 7) is 2.06. The first-order valence-electron chi connectivity index (χ1n) is 5.13. The Kier molecular flexibility index (Phi) is 2.32. The molecule has 3 heteroatoms. The molecule has 2 N–H and O–H groups in total. The summed E-state index contributed by atoms with van der Waals surface area (Å²) in [6, 6.07) is 2.67. The molecule has 0 bridgehead atoms. The Morgan fingerprint density at radius 2 is 2.21 bits per heavy atom. The highest BCUT2D eigenvalue weighted by Crippen LogP contribution is 2.29. The van der Waals surface area contributed by atoms with Gasteiger partial charge in [-0.05, 0) is 37.8 Å². The molecule has 1 aliphatic carbocycles. The van der Waals surface area contributed by atoms with E-state index >= 15 is 0 Å². The maximum atomic E-state index is 5.67. The minimum absolute atomic E-state index is 0.685. The van der Waals surface area contributed by atoms with Crippen LogP contribution in [0.3, 0.4) is 0 Å². The number of anilines is 2. The SMILES string of the molecule is Cc1cc(N)cnc1N(C)C1CCC1. The molecule has 2 rings (SSSR count). The highest BCUT2D eigenvalue weighted by atomic mass is 15.2. The summed E-state index contributed by atoms with van der Waals surface area (Å²) >= 11 is 0. The Hall–Kier alpha value is -1.25. The molecule has 0 spiro atoms. The van der Waals surface area contributed by atoms with E-state index in [1.807, 2.05) is 6.07 Å². The van der Waals surface area contributed by atoms with Crippen LogP contribution in [-0.2, 0) is 0 Å². The number of rotatable bonds is 2. The van der Waals surface area contributed by atoms with Crippen molar-refractivity contribution >= 4 is 11.5 Å². The fourth-order valence-corrected chi connectivity index (χ4v) is 1.91. The van der Waals surface area contributed by atoms with E-state index in [2.05, 4.69) is 23.9 Å². The van der Waals surface area contributed by atoms with Crippen LogP contribution in [0.5, 0.6) is 0 Å². The van der Waals surface area contributed by atoms with E-state index in [1.165, 1.54) is 24.8 Å². The van der Waals surface area contributed by atoms with Crippen molar-refractivity contribution in [1.82, 2.24) is 4.98 Å². The number of nitrogens with two attached hydrogens (primary N) is 1. The molecule has 1 saturated carbocycles. The van der Waals surface area contributed by atoms with Crippen LogP contribution in [0.4, 0.5) is 11.5 Å². The predicted molar refractivity (Wildman–Crippen MR) is 59.4 cm³/mol. The maximum absolute atomic E-state index is 5.67. The lowest BCUT2D eigenvalue weighted by molar-refractivity contribution is 0.399. The average molecular weight is 191 g/mol. The first-order chi connectivity index (χ1) is 6.68. The number of nitrogens with zero attached hydrogens (tertiary/aromatic N) is 2. The molecule has 3 nitrogen and oxygen atoms in total. The minimum atomic E-state index is 0.685. The quantitative estimate of drug-likeness (QED) is 0.777. The third-order valence-corrected chi connectivity index (χ3v) is 3.03. The Labute approximate surface area is 84.9 Å². The molecule has 0 unspecified atom stereocenters. The molecule has 1 aromatic heterocycles. The minimum Gasteiger partial charge on any atom is -0.397 e. The third-order valence-electron chi connectivity index (χ3n) is 3.03. The van der Waals surface area contributed by atoms with Crippen LogP contribution in [0.2, 0.25) is 0 Å². The van der Waals surface area contributed by atoms with Gasteiger partial charge in [0.1, 0.15) is 5.82 Å². The molecule has 1 aliphatic rings. The lowest BCUT2D eigenvalue weighted by atomic mass is 9.92. The molecule has 0 saturated heterocycles. The van der Waals surface area contributed by atoms with Crippen molar-refractivity contribution in [3.63, 3.8) is 0 Å². The van der Waals surface area contributed by atoms with Crippen LogP contribution in [0.15, 0.2) is 12.3 Å². The van der Waals surface area contributed by atoms with Crippen molar-refractivity contribution in [2.24, 2.45) is 0 Å². The average Bonchev–Trinajstić information content (AvgIpc) is 2.00. The van der Waals surface area contributed by atoms with Crippen LogP contribution >= 0.6 is 0 Å². The summed E-state index contributed by atoms with van der Waals surface area (Å²) in [4.78, 5) is 6.66. The molecule has 1 heterocycles. The van der Waals surface area contributed by atoms with Gasteiger partial charge in [0.05, 0.1) is 11.9 Å². The Balaban J connectivity index is 2.22. The summed E-state index contributed by atoms with van der Waals surface area (Å²) in [5.41, 5.74) is 7.58. The van der Waals surface area contributed by atoms with Crippen molar-refractivity contribution in [1.29, 1.82) is 0 Å². The van der Waals surface area contributed by atoms with Gasteiger partial charge in [-0.2, -0.15) is 0 Å². The topological polar surface area (TPSA) is 42.1 Å². The molecule has 0 amide bonds. The van der Waals surface area contributed by atoms with E-state index in [4.69, 9.17) is 5.73 Å². The molecular weight excluding hydrogens is 174 g/mol. The molecule has 14 heavy (non-hydrogen) atoms. The van der Waals surface area contributed by atoms with E-state index in [0.29, 0.717) is 6.04 Å². The highest BCUT2D eigenvalue weighted by Gasteiger charge is 2.23. The molecule has 1 aromatic rings. The number of hydrogen-bond donors (Lipinski definition) is 1. The third kappa shape index (κ3) is 1.54. The maximum Gasteiger partial charge on any atom is 0.131 e. The number of aromatic nitrogens is 1. The molecular formula is C11H17N3. The van der Waals surface area contributed by atoms with Crippen LogP contribution in [-0.4, -0.2) is 18.1 Å². The van der Waals surface area contributed by atoms with Crippen molar-refractivity contribution in [3.05, 3.63) is 17.8 Å². The van der Waals surface area contributed by atoms with E-state index in [0.717, 1.165) is 11.5 Å². The summed E-state index contributed by atoms with van der Waals surface area (Å²) < 4.78 is 0. The Morgan fingerprint density at radius 3 is 2.71 bits per heavy atom. The molecule has 0 radical (unpaired) electrons. The van der Waals surface area contributed by atoms with E-state index in [-0.39, 0.29) is 0 Å².